The van der Waals surface area contributed by atoms with Crippen molar-refractivity contribution >= 4 is 0 Å². The third kappa shape index (κ3) is 4.61. The smallest absolute Gasteiger partial charge is 0.118 e. The van der Waals surface area contributed by atoms with E-state index in [0.29, 0.717) is 5.92 Å². The molecular weight excluding hydrogens is 258 g/mol. The molecule has 0 aliphatic carbocycles. The first kappa shape index (κ1) is 15.6. The summed E-state index contributed by atoms with van der Waals surface area (Å²) in [5.74, 6) is 1.56. The topological polar surface area (TPSA) is 35.2 Å². The van der Waals surface area contributed by atoms with Gasteiger partial charge in [-0.05, 0) is 47.6 Å². The van der Waals surface area contributed by atoms with Gasteiger partial charge in [0.15, 0.2) is 0 Å². The lowest BCUT2D eigenvalue weighted by molar-refractivity contribution is 0.414. The summed E-state index contributed by atoms with van der Waals surface area (Å²) >= 11 is 0. The molecule has 0 saturated heterocycles. The van der Waals surface area contributed by atoms with Gasteiger partial charge in [-0.15, -0.1) is 0 Å². The molecule has 0 saturated carbocycles. The van der Waals surface area contributed by atoms with Crippen LogP contribution in [0.1, 0.15) is 36.6 Å². The largest absolute Gasteiger partial charge is 0.497 e. The second-order valence-electron chi connectivity index (χ2n) is 6.00. The van der Waals surface area contributed by atoms with Gasteiger partial charge in [-0.25, -0.2) is 0 Å². The van der Waals surface area contributed by atoms with Crippen LogP contribution in [0.4, 0.5) is 0 Å². The van der Waals surface area contributed by atoms with Crippen molar-refractivity contribution in [1.82, 2.24) is 0 Å². The zero-order valence-corrected chi connectivity index (χ0v) is 13.2. The monoisotopic (exact) mass is 283 g/mol. The van der Waals surface area contributed by atoms with Crippen LogP contribution in [0.3, 0.4) is 0 Å². The Hall–Kier alpha value is -1.80. The minimum absolute atomic E-state index is 0.0338. The summed E-state index contributed by atoms with van der Waals surface area (Å²) in [6.45, 7) is 4.48. The molecule has 0 heterocycles. The summed E-state index contributed by atoms with van der Waals surface area (Å²) in [6.07, 6.45) is 1.96. The van der Waals surface area contributed by atoms with Crippen molar-refractivity contribution in [1.29, 1.82) is 0 Å². The van der Waals surface area contributed by atoms with Crippen molar-refractivity contribution in [3.05, 3.63) is 65.2 Å². The highest BCUT2D eigenvalue weighted by Gasteiger charge is 2.08. The summed E-state index contributed by atoms with van der Waals surface area (Å²) in [4.78, 5) is 0. The van der Waals surface area contributed by atoms with E-state index < -0.39 is 0 Å². The Labute approximate surface area is 127 Å². The molecule has 0 fully saturated rings. The van der Waals surface area contributed by atoms with Gasteiger partial charge in [0.05, 0.1) is 7.11 Å². The molecule has 2 heteroatoms. The number of methoxy groups -OCH3 is 1. The number of benzene rings is 2. The molecule has 21 heavy (non-hydrogen) atoms. The van der Waals surface area contributed by atoms with Crippen LogP contribution in [0.5, 0.6) is 5.75 Å². The number of hydrogen-bond donors (Lipinski definition) is 1. The van der Waals surface area contributed by atoms with Gasteiger partial charge in [-0.2, -0.15) is 0 Å². The van der Waals surface area contributed by atoms with E-state index in [9.17, 15) is 0 Å². The lowest BCUT2D eigenvalue weighted by atomic mass is 9.96. The Bertz CT molecular complexity index is 543. The highest BCUT2D eigenvalue weighted by atomic mass is 16.5. The SMILES string of the molecule is COc1ccc(CC(N)c2ccc(CC(C)C)cc2)cc1. The average Bonchev–Trinajstić information content (AvgIpc) is 2.48. The Morgan fingerprint density at radius 2 is 1.38 bits per heavy atom. The Balaban J connectivity index is 2.00. The molecule has 2 nitrogen and oxygen atoms in total. The molecule has 0 amide bonds. The molecule has 0 bridgehead atoms. The maximum Gasteiger partial charge on any atom is 0.118 e. The summed E-state index contributed by atoms with van der Waals surface area (Å²) in [7, 11) is 1.68. The van der Waals surface area contributed by atoms with Crippen molar-refractivity contribution in [2.45, 2.75) is 32.7 Å². The summed E-state index contributed by atoms with van der Waals surface area (Å²) < 4.78 is 5.17. The third-order valence-electron chi connectivity index (χ3n) is 3.67. The Kier molecular flexibility index (Phi) is 5.40. The van der Waals surface area contributed by atoms with Gasteiger partial charge in [0.25, 0.3) is 0 Å². The fourth-order valence-corrected chi connectivity index (χ4v) is 2.51. The second-order valence-corrected chi connectivity index (χ2v) is 6.00. The van der Waals surface area contributed by atoms with Gasteiger partial charge in [-0.1, -0.05) is 50.2 Å². The van der Waals surface area contributed by atoms with Crippen molar-refractivity contribution in [3.8, 4) is 5.75 Å². The molecule has 1 atom stereocenters. The summed E-state index contributed by atoms with van der Waals surface area (Å²) in [5, 5.41) is 0. The first-order chi connectivity index (χ1) is 10.1. The molecule has 2 rings (SSSR count). The first-order valence-corrected chi connectivity index (χ1v) is 7.56. The molecule has 0 aliphatic rings. The highest BCUT2D eigenvalue weighted by Crippen LogP contribution is 2.19. The maximum atomic E-state index is 6.32. The van der Waals surface area contributed by atoms with Crippen LogP contribution in [-0.2, 0) is 12.8 Å². The second kappa shape index (κ2) is 7.28. The normalized spacial score (nSPS) is 12.4. The average molecular weight is 283 g/mol. The molecule has 2 aromatic rings. The van der Waals surface area contributed by atoms with Gasteiger partial charge in [0.1, 0.15) is 5.75 Å². The van der Waals surface area contributed by atoms with Crippen molar-refractivity contribution in [2.24, 2.45) is 11.7 Å². The van der Waals surface area contributed by atoms with Crippen LogP contribution >= 0.6 is 0 Å². The van der Waals surface area contributed by atoms with Gasteiger partial charge in [0.2, 0.25) is 0 Å². The summed E-state index contributed by atoms with van der Waals surface area (Å²) in [5.41, 5.74) is 10.1. The highest BCUT2D eigenvalue weighted by molar-refractivity contribution is 5.30. The number of nitrogens with two attached hydrogens (primary N) is 1. The van der Waals surface area contributed by atoms with Gasteiger partial charge in [-0.3, -0.25) is 0 Å². The van der Waals surface area contributed by atoms with Gasteiger partial charge < -0.3 is 10.5 Å². The minimum atomic E-state index is 0.0338. The van der Waals surface area contributed by atoms with E-state index in [4.69, 9.17) is 10.5 Å². The van der Waals surface area contributed by atoms with E-state index in [1.807, 2.05) is 12.1 Å². The molecule has 1 unspecified atom stereocenters. The molecule has 0 aromatic heterocycles. The maximum absolute atomic E-state index is 6.32. The molecule has 0 spiro atoms. The molecular formula is C19H25NO. The van der Waals surface area contributed by atoms with Crippen LogP contribution < -0.4 is 10.5 Å². The zero-order chi connectivity index (χ0) is 15.2. The van der Waals surface area contributed by atoms with Crippen molar-refractivity contribution in [3.63, 3.8) is 0 Å². The van der Waals surface area contributed by atoms with Crippen LogP contribution in [0.25, 0.3) is 0 Å². The Morgan fingerprint density at radius 3 is 1.90 bits per heavy atom. The predicted octanol–water partition coefficient (Wildman–Crippen LogP) is 4.14. The fourth-order valence-electron chi connectivity index (χ4n) is 2.51. The van der Waals surface area contributed by atoms with Crippen LogP contribution in [-0.4, -0.2) is 7.11 Å². The molecule has 2 N–H and O–H groups in total. The van der Waals surface area contributed by atoms with Crippen molar-refractivity contribution in [2.75, 3.05) is 7.11 Å². The van der Waals surface area contributed by atoms with Crippen LogP contribution in [0.2, 0.25) is 0 Å². The number of ether oxygens (including phenoxy) is 1. The molecule has 0 aliphatic heterocycles. The predicted molar refractivity (Wildman–Crippen MR) is 88.6 cm³/mol. The van der Waals surface area contributed by atoms with E-state index >= 15 is 0 Å². The fraction of sp³-hybridized carbons (Fsp3) is 0.368. The quantitative estimate of drug-likeness (QED) is 0.865. The zero-order valence-electron chi connectivity index (χ0n) is 13.2. The van der Waals surface area contributed by atoms with Gasteiger partial charge >= 0.3 is 0 Å². The third-order valence-corrected chi connectivity index (χ3v) is 3.67. The van der Waals surface area contributed by atoms with Crippen LogP contribution in [0, 0.1) is 5.92 Å². The standard InChI is InChI=1S/C19H25NO/c1-14(2)12-15-4-8-17(9-5-15)19(20)13-16-6-10-18(21-3)11-7-16/h4-11,14,19H,12-13,20H2,1-3H3. The van der Waals surface area contributed by atoms with E-state index in [1.54, 1.807) is 7.11 Å². The molecule has 2 aromatic carbocycles. The minimum Gasteiger partial charge on any atom is -0.497 e. The number of hydrogen-bond acceptors (Lipinski definition) is 2. The van der Waals surface area contributed by atoms with Gasteiger partial charge in [0, 0.05) is 6.04 Å². The van der Waals surface area contributed by atoms with E-state index in [1.165, 1.54) is 16.7 Å². The van der Waals surface area contributed by atoms with E-state index in [-0.39, 0.29) is 6.04 Å². The van der Waals surface area contributed by atoms with Crippen LogP contribution in [0.15, 0.2) is 48.5 Å². The molecule has 0 radical (unpaired) electrons. The summed E-state index contributed by atoms with van der Waals surface area (Å²) in [6, 6.07) is 16.9. The molecule has 112 valence electrons. The Morgan fingerprint density at radius 1 is 0.857 bits per heavy atom. The van der Waals surface area contributed by atoms with E-state index in [0.717, 1.165) is 18.6 Å². The van der Waals surface area contributed by atoms with E-state index in [2.05, 4.69) is 50.2 Å². The lowest BCUT2D eigenvalue weighted by Gasteiger charge is -2.14. The first-order valence-electron chi connectivity index (χ1n) is 7.56. The number of rotatable bonds is 6. The van der Waals surface area contributed by atoms with Crippen molar-refractivity contribution < 1.29 is 4.74 Å². The lowest BCUT2D eigenvalue weighted by Crippen LogP contribution is -2.13.